The van der Waals surface area contributed by atoms with Gasteiger partial charge in [-0.2, -0.15) is 0 Å². The van der Waals surface area contributed by atoms with Crippen LogP contribution in [0.4, 0.5) is 0 Å². The molecule has 0 spiro atoms. The summed E-state index contributed by atoms with van der Waals surface area (Å²) in [6.45, 7) is 2.06. The monoisotopic (exact) mass is 313 g/mol. The van der Waals surface area contributed by atoms with Crippen molar-refractivity contribution in [1.82, 2.24) is 4.72 Å². The van der Waals surface area contributed by atoms with E-state index in [-0.39, 0.29) is 17.9 Å². The second kappa shape index (κ2) is 8.79. The van der Waals surface area contributed by atoms with Gasteiger partial charge in [-0.15, -0.1) is 0 Å². The van der Waals surface area contributed by atoms with Gasteiger partial charge in [-0.25, -0.2) is 13.1 Å². The van der Waals surface area contributed by atoms with E-state index in [2.05, 4.69) is 11.6 Å². The zero-order chi connectivity index (χ0) is 15.7. The summed E-state index contributed by atoms with van der Waals surface area (Å²) >= 11 is 0. The number of rotatable bonds is 10. The number of aliphatic carboxylic acids is 1. The van der Waals surface area contributed by atoms with Crippen molar-refractivity contribution < 1.29 is 18.3 Å². The standard InChI is InChI=1S/C15H23NO4S/c1-2-3-4-5-6-13-7-9-14(10-8-13)21(19,20)16-12-11-15(17)18/h7-10,16H,2-6,11-12H2,1H3,(H,17,18). The Balaban J connectivity index is 2.53. The molecule has 2 N–H and O–H groups in total. The molecule has 5 nitrogen and oxygen atoms in total. The van der Waals surface area contributed by atoms with Crippen molar-refractivity contribution in [2.45, 2.75) is 50.3 Å². The van der Waals surface area contributed by atoms with Crippen LogP contribution in [0.15, 0.2) is 29.2 Å². The Morgan fingerprint density at radius 3 is 2.38 bits per heavy atom. The Kier molecular flexibility index (Phi) is 7.39. The lowest BCUT2D eigenvalue weighted by Gasteiger charge is -2.07. The van der Waals surface area contributed by atoms with E-state index >= 15 is 0 Å². The molecular weight excluding hydrogens is 290 g/mol. The van der Waals surface area contributed by atoms with E-state index < -0.39 is 16.0 Å². The van der Waals surface area contributed by atoms with E-state index in [4.69, 9.17) is 5.11 Å². The number of unbranched alkanes of at least 4 members (excludes halogenated alkanes) is 3. The molecule has 0 amide bonds. The molecule has 6 heteroatoms. The van der Waals surface area contributed by atoms with Crippen molar-refractivity contribution in [2.24, 2.45) is 0 Å². The first kappa shape index (κ1) is 17.7. The van der Waals surface area contributed by atoms with Crippen LogP contribution in [0.3, 0.4) is 0 Å². The molecule has 0 aromatic heterocycles. The first-order chi connectivity index (χ1) is 9.95. The lowest BCUT2D eigenvalue weighted by molar-refractivity contribution is -0.136. The predicted molar refractivity (Wildman–Crippen MR) is 81.7 cm³/mol. The molecule has 0 bridgehead atoms. The quantitative estimate of drug-likeness (QED) is 0.650. The van der Waals surface area contributed by atoms with Crippen molar-refractivity contribution in [1.29, 1.82) is 0 Å². The van der Waals surface area contributed by atoms with Gasteiger partial charge in [0, 0.05) is 6.54 Å². The van der Waals surface area contributed by atoms with Gasteiger partial charge in [0.05, 0.1) is 11.3 Å². The van der Waals surface area contributed by atoms with E-state index in [9.17, 15) is 13.2 Å². The van der Waals surface area contributed by atoms with Gasteiger partial charge in [-0.1, -0.05) is 38.3 Å². The highest BCUT2D eigenvalue weighted by Crippen LogP contribution is 2.13. The summed E-state index contributed by atoms with van der Waals surface area (Å²) in [5, 5.41) is 8.50. The average molecular weight is 313 g/mol. The molecule has 0 aliphatic rings. The maximum atomic E-state index is 11.9. The van der Waals surface area contributed by atoms with Crippen LogP contribution in [0.5, 0.6) is 0 Å². The molecule has 0 aliphatic heterocycles. The minimum absolute atomic E-state index is 0.101. The van der Waals surface area contributed by atoms with E-state index in [0.29, 0.717) is 0 Å². The number of carboxylic acids is 1. The summed E-state index contributed by atoms with van der Waals surface area (Å²) in [7, 11) is -3.62. The molecule has 0 fully saturated rings. The summed E-state index contributed by atoms with van der Waals surface area (Å²) in [5.74, 6) is -1.03. The van der Waals surface area contributed by atoms with Gasteiger partial charge in [0.15, 0.2) is 0 Å². The third kappa shape index (κ3) is 6.73. The molecule has 1 aromatic rings. The molecule has 0 unspecified atom stereocenters. The van der Waals surface area contributed by atoms with E-state index in [1.54, 1.807) is 12.1 Å². The lowest BCUT2D eigenvalue weighted by Crippen LogP contribution is -2.26. The number of benzene rings is 1. The van der Waals surface area contributed by atoms with Crippen molar-refractivity contribution in [2.75, 3.05) is 6.54 Å². The molecule has 0 heterocycles. The van der Waals surface area contributed by atoms with Crippen LogP contribution in [-0.2, 0) is 21.2 Å². The number of aryl methyl sites for hydroxylation is 1. The Hall–Kier alpha value is -1.40. The molecule has 118 valence electrons. The second-order valence-electron chi connectivity index (χ2n) is 5.00. The van der Waals surface area contributed by atoms with Crippen LogP contribution in [0.2, 0.25) is 0 Å². The number of carbonyl (C=O) groups is 1. The Morgan fingerprint density at radius 1 is 1.14 bits per heavy atom. The van der Waals surface area contributed by atoms with Crippen LogP contribution in [-0.4, -0.2) is 26.0 Å². The first-order valence-corrected chi connectivity index (χ1v) is 8.74. The van der Waals surface area contributed by atoms with Crippen LogP contribution in [0.1, 0.15) is 44.6 Å². The van der Waals surface area contributed by atoms with Gasteiger partial charge in [-0.3, -0.25) is 4.79 Å². The molecule has 0 radical (unpaired) electrons. The van der Waals surface area contributed by atoms with Gasteiger partial charge in [0.25, 0.3) is 0 Å². The molecule has 1 aromatic carbocycles. The van der Waals surface area contributed by atoms with Crippen LogP contribution < -0.4 is 4.72 Å². The molecular formula is C15H23NO4S. The van der Waals surface area contributed by atoms with E-state index in [1.807, 2.05) is 12.1 Å². The Labute approximate surface area is 126 Å². The zero-order valence-electron chi connectivity index (χ0n) is 12.3. The average Bonchev–Trinajstić information content (AvgIpc) is 2.43. The maximum absolute atomic E-state index is 11.9. The maximum Gasteiger partial charge on any atom is 0.304 e. The Bertz CT molecular complexity index is 537. The molecule has 0 saturated carbocycles. The SMILES string of the molecule is CCCCCCc1ccc(S(=O)(=O)NCCC(=O)O)cc1. The summed E-state index contributed by atoms with van der Waals surface area (Å²) < 4.78 is 26.1. The van der Waals surface area contributed by atoms with E-state index in [0.717, 1.165) is 18.4 Å². The summed E-state index contributed by atoms with van der Waals surface area (Å²) in [6, 6.07) is 6.77. The number of carboxylic acid groups (broad SMARTS) is 1. The van der Waals surface area contributed by atoms with Gasteiger partial charge in [0.1, 0.15) is 0 Å². The minimum atomic E-state index is -3.62. The van der Waals surface area contributed by atoms with Crippen molar-refractivity contribution in [3.05, 3.63) is 29.8 Å². The third-order valence-electron chi connectivity index (χ3n) is 3.18. The van der Waals surface area contributed by atoms with E-state index in [1.165, 1.54) is 19.3 Å². The van der Waals surface area contributed by atoms with Gasteiger partial charge < -0.3 is 5.11 Å². The van der Waals surface area contributed by atoms with Gasteiger partial charge in [-0.05, 0) is 30.5 Å². The lowest BCUT2D eigenvalue weighted by atomic mass is 10.1. The largest absolute Gasteiger partial charge is 0.481 e. The highest BCUT2D eigenvalue weighted by Gasteiger charge is 2.13. The highest BCUT2D eigenvalue weighted by molar-refractivity contribution is 7.89. The number of hydrogen-bond acceptors (Lipinski definition) is 3. The molecule has 0 saturated heterocycles. The third-order valence-corrected chi connectivity index (χ3v) is 4.66. The van der Waals surface area contributed by atoms with Crippen molar-refractivity contribution in [3.63, 3.8) is 0 Å². The van der Waals surface area contributed by atoms with Crippen molar-refractivity contribution in [3.8, 4) is 0 Å². The smallest absolute Gasteiger partial charge is 0.304 e. The summed E-state index contributed by atoms with van der Waals surface area (Å²) in [5.41, 5.74) is 1.12. The predicted octanol–water partition coefficient (Wildman–Crippen LogP) is 2.56. The fourth-order valence-corrected chi connectivity index (χ4v) is 3.00. The molecule has 0 atom stereocenters. The highest BCUT2D eigenvalue weighted by atomic mass is 32.2. The summed E-state index contributed by atoms with van der Waals surface area (Å²) in [6.07, 6.45) is 5.44. The van der Waals surface area contributed by atoms with Crippen LogP contribution in [0.25, 0.3) is 0 Å². The molecule has 0 aliphatic carbocycles. The van der Waals surface area contributed by atoms with Crippen LogP contribution >= 0.6 is 0 Å². The molecule has 21 heavy (non-hydrogen) atoms. The number of hydrogen-bond donors (Lipinski definition) is 2. The fraction of sp³-hybridized carbons (Fsp3) is 0.533. The van der Waals surface area contributed by atoms with Crippen LogP contribution in [0, 0.1) is 0 Å². The van der Waals surface area contributed by atoms with Gasteiger partial charge in [0.2, 0.25) is 10.0 Å². The van der Waals surface area contributed by atoms with Gasteiger partial charge >= 0.3 is 5.97 Å². The zero-order valence-corrected chi connectivity index (χ0v) is 13.2. The minimum Gasteiger partial charge on any atom is -0.481 e. The first-order valence-electron chi connectivity index (χ1n) is 7.26. The Morgan fingerprint density at radius 2 is 1.81 bits per heavy atom. The number of sulfonamides is 1. The normalized spacial score (nSPS) is 11.5. The second-order valence-corrected chi connectivity index (χ2v) is 6.76. The number of nitrogens with one attached hydrogen (secondary N) is 1. The fourth-order valence-electron chi connectivity index (χ4n) is 1.97. The molecule has 1 rings (SSSR count). The topological polar surface area (TPSA) is 83.5 Å². The summed E-state index contributed by atoms with van der Waals surface area (Å²) in [4.78, 5) is 10.5. The van der Waals surface area contributed by atoms with Crippen molar-refractivity contribution >= 4 is 16.0 Å².